The van der Waals surface area contributed by atoms with Crippen molar-refractivity contribution in [1.82, 2.24) is 5.32 Å². The highest BCUT2D eigenvalue weighted by Gasteiger charge is 2.50. The number of aliphatic hydroxyl groups excluding tert-OH is 2. The van der Waals surface area contributed by atoms with Crippen LogP contribution in [0.4, 0.5) is 4.79 Å². The lowest BCUT2D eigenvalue weighted by Crippen LogP contribution is -2.56. The van der Waals surface area contributed by atoms with Gasteiger partial charge in [-0.05, 0) is 18.6 Å². The number of benzene rings is 3. The second-order valence-corrected chi connectivity index (χ2v) is 12.3. The molecule has 49 heavy (non-hydrogen) atoms. The molecule has 0 saturated carbocycles. The van der Waals surface area contributed by atoms with Crippen LogP contribution in [0.1, 0.15) is 74.4 Å². The number of phenolic OH excluding ortho intramolecular Hbond substituents is 2. The molecule has 3 aromatic carbocycles. The Labute approximate surface area is 279 Å². The highest BCUT2D eigenvalue weighted by atomic mass is 16.7. The Morgan fingerprint density at radius 1 is 1.00 bits per heavy atom. The predicted molar refractivity (Wildman–Crippen MR) is 167 cm³/mol. The molecule has 6 atom stereocenters. The number of nitrogens with one attached hydrogen (secondary N) is 1. The van der Waals surface area contributed by atoms with Gasteiger partial charge in [-0.2, -0.15) is 0 Å². The second kappa shape index (κ2) is 13.2. The Kier molecular flexibility index (Phi) is 9.17. The molecule has 2 aliphatic carbocycles. The fourth-order valence-corrected chi connectivity index (χ4v) is 6.77. The number of rotatable bonds is 8. The van der Waals surface area contributed by atoms with Crippen molar-refractivity contribution in [2.24, 2.45) is 0 Å². The fourth-order valence-electron chi connectivity index (χ4n) is 6.77. The van der Waals surface area contributed by atoms with Crippen LogP contribution in [0.15, 0.2) is 48.5 Å². The number of carbonyl (C=O) groups is 4. The highest BCUT2D eigenvalue weighted by molar-refractivity contribution is 6.31. The Morgan fingerprint density at radius 2 is 1.71 bits per heavy atom. The van der Waals surface area contributed by atoms with Crippen molar-refractivity contribution in [3.8, 4) is 17.2 Å². The molecule has 1 heterocycles. The molecule has 0 bridgehead atoms. The number of hydrogen-bond acceptors (Lipinski definition) is 13. The summed E-state index contributed by atoms with van der Waals surface area (Å²) >= 11 is 0. The summed E-state index contributed by atoms with van der Waals surface area (Å²) in [5.74, 6) is -4.03. The molecule has 0 unspecified atom stereocenters. The van der Waals surface area contributed by atoms with Crippen LogP contribution >= 0.6 is 0 Å². The molecule has 6 N–H and O–H groups in total. The summed E-state index contributed by atoms with van der Waals surface area (Å²) in [6.07, 6.45) is -6.96. The maximum absolute atomic E-state index is 13.9. The maximum Gasteiger partial charge on any atom is 0.407 e. The number of alkyl carbamates (subject to hydrolysis) is 1. The number of phenols is 2. The van der Waals surface area contributed by atoms with Gasteiger partial charge in [0.25, 0.3) is 0 Å². The predicted octanol–water partition coefficient (Wildman–Crippen LogP) is 1.97. The number of aromatic hydroxyl groups is 2. The quantitative estimate of drug-likeness (QED) is 0.147. The Balaban J connectivity index is 1.34. The van der Waals surface area contributed by atoms with Crippen molar-refractivity contribution >= 4 is 23.4 Å². The van der Waals surface area contributed by atoms with E-state index < -0.39 is 102 Å². The van der Waals surface area contributed by atoms with Gasteiger partial charge < -0.3 is 49.8 Å². The number of ether oxygens (including phenoxy) is 4. The second-order valence-electron chi connectivity index (χ2n) is 12.3. The average molecular weight is 678 g/mol. The molecule has 0 radical (unpaired) electrons. The molecule has 14 heteroatoms. The van der Waals surface area contributed by atoms with Gasteiger partial charge in [0.05, 0.1) is 42.0 Å². The van der Waals surface area contributed by atoms with Crippen LogP contribution < -0.4 is 10.1 Å². The first kappa shape index (κ1) is 34.0. The van der Waals surface area contributed by atoms with Gasteiger partial charge in [-0.3, -0.25) is 14.4 Å². The van der Waals surface area contributed by atoms with E-state index in [2.05, 4.69) is 5.32 Å². The molecule has 1 saturated heterocycles. The minimum atomic E-state index is -2.33. The van der Waals surface area contributed by atoms with Gasteiger partial charge in [0.15, 0.2) is 17.9 Å². The first-order chi connectivity index (χ1) is 23.4. The third-order valence-corrected chi connectivity index (χ3v) is 9.28. The fraction of sp³-hybridized carbons (Fsp3) is 0.371. The molecule has 6 rings (SSSR count). The number of fused-ring (bicyclic) bond motifs is 3. The maximum atomic E-state index is 13.9. The number of Topliss-reactive ketones (excluding diaryl/α,β-unsaturated/α-hetero) is 1. The number of ketones is 3. The van der Waals surface area contributed by atoms with Crippen molar-refractivity contribution in [3.63, 3.8) is 0 Å². The topological polar surface area (TPSA) is 218 Å². The zero-order chi connectivity index (χ0) is 35.2. The van der Waals surface area contributed by atoms with Crippen LogP contribution in [-0.4, -0.2) is 92.8 Å². The van der Waals surface area contributed by atoms with Gasteiger partial charge in [0, 0.05) is 36.0 Å². The van der Waals surface area contributed by atoms with Gasteiger partial charge in [-0.15, -0.1) is 0 Å². The monoisotopic (exact) mass is 677 g/mol. The third-order valence-electron chi connectivity index (χ3n) is 9.28. The van der Waals surface area contributed by atoms with Crippen LogP contribution in [-0.2, 0) is 32.0 Å². The third kappa shape index (κ3) is 6.02. The Morgan fingerprint density at radius 3 is 2.41 bits per heavy atom. The van der Waals surface area contributed by atoms with Crippen LogP contribution in [0.25, 0.3) is 0 Å². The van der Waals surface area contributed by atoms with Gasteiger partial charge in [0.1, 0.15) is 42.2 Å². The van der Waals surface area contributed by atoms with E-state index in [-0.39, 0.29) is 41.0 Å². The first-order valence-corrected chi connectivity index (χ1v) is 15.6. The normalized spacial score (nSPS) is 25.9. The minimum absolute atomic E-state index is 0.0253. The molecule has 0 spiro atoms. The van der Waals surface area contributed by atoms with E-state index in [1.165, 1.54) is 32.2 Å². The summed E-state index contributed by atoms with van der Waals surface area (Å²) in [7, 11) is 1.31. The van der Waals surface area contributed by atoms with Crippen LogP contribution in [0.2, 0.25) is 0 Å². The standard InChI is InChI=1S/C35H35NO13/c1-16-29(39)20(36-34(44)47-15-17-7-4-3-5-8-17)11-24(48-16)49-22-13-35(45,23(38)14-37)12-19-26(22)33(43)28-27(31(19)41)30(40)18-9-6-10-21(46-2)25(18)32(28)42/h3-10,16,20,22,24,29,37,39,41,43,45H,11-15H2,1-2H3,(H,36,44)/t16-,20-,22-,24-,29+,35-/m0/s1. The largest absolute Gasteiger partial charge is 0.507 e. The molecule has 1 aliphatic heterocycles. The van der Waals surface area contributed by atoms with Crippen molar-refractivity contribution in [2.75, 3.05) is 13.7 Å². The molecule has 14 nitrogen and oxygen atoms in total. The number of amides is 1. The summed E-state index contributed by atoms with van der Waals surface area (Å²) in [5, 5.41) is 57.8. The van der Waals surface area contributed by atoms with Gasteiger partial charge >= 0.3 is 6.09 Å². The number of aliphatic hydroxyl groups is 3. The van der Waals surface area contributed by atoms with Crippen molar-refractivity contribution in [1.29, 1.82) is 0 Å². The molecular weight excluding hydrogens is 642 g/mol. The molecule has 3 aliphatic rings. The van der Waals surface area contributed by atoms with Crippen LogP contribution in [0.3, 0.4) is 0 Å². The zero-order valence-electron chi connectivity index (χ0n) is 26.5. The van der Waals surface area contributed by atoms with E-state index in [1.54, 1.807) is 24.3 Å². The summed E-state index contributed by atoms with van der Waals surface area (Å²) in [6, 6.07) is 12.3. The van der Waals surface area contributed by atoms with E-state index in [1.807, 2.05) is 6.07 Å². The SMILES string of the molecule is COc1cccc2c1C(=O)c1c(O)c3c(c(O)c1C2=O)C[C@@](O)(C(=O)CO)C[C@@H]3O[C@H]1C[C@H](NC(=O)OCc2ccccc2)[C@H](O)[C@H](C)O1. The molecule has 3 aromatic rings. The summed E-state index contributed by atoms with van der Waals surface area (Å²) in [6.45, 7) is 0.433. The lowest BCUT2D eigenvalue weighted by molar-refractivity contribution is -0.249. The Hall–Kier alpha value is -4.86. The first-order valence-electron chi connectivity index (χ1n) is 15.6. The molecule has 1 amide bonds. The Bertz CT molecular complexity index is 1830. The van der Waals surface area contributed by atoms with Gasteiger partial charge in [-0.25, -0.2) is 4.79 Å². The lowest BCUT2D eigenvalue weighted by Gasteiger charge is -2.42. The number of hydrogen-bond donors (Lipinski definition) is 6. The van der Waals surface area contributed by atoms with Gasteiger partial charge in [-0.1, -0.05) is 42.5 Å². The lowest BCUT2D eigenvalue weighted by atomic mass is 9.72. The number of carbonyl (C=O) groups excluding carboxylic acids is 4. The summed E-state index contributed by atoms with van der Waals surface area (Å²) in [4.78, 5) is 53.0. The van der Waals surface area contributed by atoms with E-state index in [0.29, 0.717) is 0 Å². The average Bonchev–Trinajstić information content (AvgIpc) is 3.09. The van der Waals surface area contributed by atoms with Crippen molar-refractivity contribution in [2.45, 2.75) is 69.0 Å². The van der Waals surface area contributed by atoms with E-state index in [9.17, 15) is 44.7 Å². The van der Waals surface area contributed by atoms with E-state index in [0.717, 1.165) is 5.56 Å². The molecular formula is C35H35NO13. The summed E-state index contributed by atoms with van der Waals surface area (Å²) in [5.41, 5.74) is -3.25. The minimum Gasteiger partial charge on any atom is -0.507 e. The van der Waals surface area contributed by atoms with Crippen molar-refractivity contribution in [3.05, 3.63) is 87.5 Å². The van der Waals surface area contributed by atoms with Gasteiger partial charge in [0.2, 0.25) is 5.78 Å². The van der Waals surface area contributed by atoms with E-state index >= 15 is 0 Å². The smallest absolute Gasteiger partial charge is 0.407 e. The zero-order valence-corrected chi connectivity index (χ0v) is 26.5. The number of methoxy groups -OCH3 is 1. The molecule has 258 valence electrons. The molecule has 1 fully saturated rings. The summed E-state index contributed by atoms with van der Waals surface area (Å²) < 4.78 is 22.6. The van der Waals surface area contributed by atoms with E-state index in [4.69, 9.17) is 18.9 Å². The van der Waals surface area contributed by atoms with Crippen LogP contribution in [0, 0.1) is 0 Å². The highest BCUT2D eigenvalue weighted by Crippen LogP contribution is 2.52. The van der Waals surface area contributed by atoms with Crippen LogP contribution in [0.5, 0.6) is 17.2 Å². The molecule has 0 aromatic heterocycles. The van der Waals surface area contributed by atoms with Crippen molar-refractivity contribution < 1.29 is 63.7 Å².